The van der Waals surface area contributed by atoms with Gasteiger partial charge in [-0.3, -0.25) is 4.79 Å². The van der Waals surface area contributed by atoms with Crippen molar-refractivity contribution >= 4 is 23.5 Å². The first-order valence-electron chi connectivity index (χ1n) is 5.83. The van der Waals surface area contributed by atoms with E-state index in [-0.39, 0.29) is 24.7 Å². The number of nitrogens with one attached hydrogen (secondary N) is 1. The normalized spacial score (nSPS) is 11.8. The predicted molar refractivity (Wildman–Crippen MR) is 71.4 cm³/mol. The Morgan fingerprint density at radius 3 is 2.58 bits per heavy atom. The van der Waals surface area contributed by atoms with E-state index >= 15 is 0 Å². The maximum absolute atomic E-state index is 11.4. The molecule has 1 atom stereocenters. The molecule has 2 N–H and O–H groups in total. The van der Waals surface area contributed by atoms with Crippen LogP contribution in [0.15, 0.2) is 30.3 Å². The van der Waals surface area contributed by atoms with E-state index in [1.54, 1.807) is 0 Å². The number of carbonyl (C=O) groups excluding carboxylic acids is 1. The van der Waals surface area contributed by atoms with E-state index in [1.807, 2.05) is 30.3 Å². The van der Waals surface area contributed by atoms with Gasteiger partial charge in [0.1, 0.15) is 0 Å². The number of carbonyl (C=O) groups is 2. The van der Waals surface area contributed by atoms with Gasteiger partial charge in [-0.2, -0.15) is 0 Å². The van der Waals surface area contributed by atoms with E-state index in [0.29, 0.717) is 6.61 Å². The van der Waals surface area contributed by atoms with Crippen LogP contribution in [0.5, 0.6) is 0 Å². The summed E-state index contributed by atoms with van der Waals surface area (Å²) in [6.07, 6.45) is -0.975. The Bertz CT molecular complexity index is 410. The molecule has 0 fully saturated rings. The van der Waals surface area contributed by atoms with Crippen molar-refractivity contribution in [2.24, 2.45) is 0 Å². The van der Waals surface area contributed by atoms with Gasteiger partial charge < -0.3 is 15.2 Å². The molecule has 1 aromatic rings. The monoisotopic (exact) mass is 285 g/mol. The molecule has 0 aromatic heterocycles. The number of carboxylic acid groups (broad SMARTS) is 1. The molecule has 1 aromatic carbocycles. The van der Waals surface area contributed by atoms with Gasteiger partial charge in [-0.05, 0) is 12.0 Å². The Kier molecular flexibility index (Phi) is 6.92. The third kappa shape index (κ3) is 6.22. The summed E-state index contributed by atoms with van der Waals surface area (Å²) in [5.74, 6) is -0.573. The SMILES string of the molecule is O=C(O)NC(CCOCc1ccccc1)C(=O)CCl. The first kappa shape index (κ1) is 15.5. The molecular formula is C13H16ClNO4. The van der Waals surface area contributed by atoms with Gasteiger partial charge in [-0.15, -0.1) is 11.6 Å². The van der Waals surface area contributed by atoms with Gasteiger partial charge >= 0.3 is 6.09 Å². The highest BCUT2D eigenvalue weighted by atomic mass is 35.5. The fourth-order valence-corrected chi connectivity index (χ4v) is 1.71. The number of alkyl halides is 1. The number of benzene rings is 1. The van der Waals surface area contributed by atoms with Crippen LogP contribution in [0.2, 0.25) is 0 Å². The Morgan fingerprint density at radius 1 is 1.32 bits per heavy atom. The summed E-state index contributed by atoms with van der Waals surface area (Å²) in [6, 6.07) is 8.77. The number of halogens is 1. The summed E-state index contributed by atoms with van der Waals surface area (Å²) in [4.78, 5) is 21.9. The van der Waals surface area contributed by atoms with E-state index in [9.17, 15) is 9.59 Å². The molecule has 5 nitrogen and oxygen atoms in total. The lowest BCUT2D eigenvalue weighted by atomic mass is 10.1. The minimum Gasteiger partial charge on any atom is -0.465 e. The third-order valence-electron chi connectivity index (χ3n) is 2.48. The molecule has 0 bridgehead atoms. The second-order valence-electron chi connectivity index (χ2n) is 3.93. The predicted octanol–water partition coefficient (Wildman–Crippen LogP) is 2.04. The van der Waals surface area contributed by atoms with Crippen molar-refractivity contribution in [3.63, 3.8) is 0 Å². The van der Waals surface area contributed by atoms with Gasteiger partial charge in [0.15, 0.2) is 5.78 Å². The Labute approximate surface area is 116 Å². The number of ketones is 1. The van der Waals surface area contributed by atoms with Crippen molar-refractivity contribution in [1.82, 2.24) is 5.32 Å². The standard InChI is InChI=1S/C13H16ClNO4/c14-8-12(16)11(15-13(17)18)6-7-19-9-10-4-2-1-3-5-10/h1-5,11,15H,6-9H2,(H,17,18). The Hall–Kier alpha value is -1.59. The fraction of sp³-hybridized carbons (Fsp3) is 0.385. The molecule has 0 aliphatic rings. The van der Waals surface area contributed by atoms with Crippen molar-refractivity contribution in [3.8, 4) is 0 Å². The first-order chi connectivity index (χ1) is 9.13. The third-order valence-corrected chi connectivity index (χ3v) is 2.74. The van der Waals surface area contributed by atoms with E-state index in [0.717, 1.165) is 5.56 Å². The van der Waals surface area contributed by atoms with Gasteiger partial charge in [-0.25, -0.2) is 4.79 Å². The summed E-state index contributed by atoms with van der Waals surface area (Å²) in [5.41, 5.74) is 1.02. The minimum absolute atomic E-state index is 0.219. The molecule has 0 heterocycles. The van der Waals surface area contributed by atoms with Crippen LogP contribution in [-0.2, 0) is 16.1 Å². The van der Waals surface area contributed by atoms with Gasteiger partial charge in [0.2, 0.25) is 0 Å². The molecule has 0 saturated carbocycles. The van der Waals surface area contributed by atoms with Crippen LogP contribution in [0, 0.1) is 0 Å². The zero-order chi connectivity index (χ0) is 14.1. The first-order valence-corrected chi connectivity index (χ1v) is 6.36. The van der Waals surface area contributed by atoms with Gasteiger partial charge in [0, 0.05) is 6.61 Å². The van der Waals surface area contributed by atoms with E-state index in [1.165, 1.54) is 0 Å². The van der Waals surface area contributed by atoms with E-state index < -0.39 is 12.1 Å². The minimum atomic E-state index is -1.24. The second kappa shape index (κ2) is 8.50. The lowest BCUT2D eigenvalue weighted by Crippen LogP contribution is -2.41. The van der Waals surface area contributed by atoms with Crippen LogP contribution in [0.4, 0.5) is 4.79 Å². The van der Waals surface area contributed by atoms with Crippen molar-refractivity contribution < 1.29 is 19.4 Å². The number of Topliss-reactive ketones (excluding diaryl/α,β-unsaturated/α-hetero) is 1. The van der Waals surface area contributed by atoms with Crippen LogP contribution in [0.3, 0.4) is 0 Å². The molecule has 6 heteroatoms. The van der Waals surface area contributed by atoms with Crippen LogP contribution in [0.1, 0.15) is 12.0 Å². The highest BCUT2D eigenvalue weighted by Gasteiger charge is 2.19. The zero-order valence-electron chi connectivity index (χ0n) is 10.3. The maximum Gasteiger partial charge on any atom is 0.405 e. The molecule has 1 unspecified atom stereocenters. The summed E-state index contributed by atoms with van der Waals surface area (Å²) in [7, 11) is 0. The summed E-state index contributed by atoms with van der Waals surface area (Å²) >= 11 is 5.42. The van der Waals surface area contributed by atoms with E-state index in [2.05, 4.69) is 5.32 Å². The summed E-state index contributed by atoms with van der Waals surface area (Å²) in [5, 5.41) is 10.7. The molecule has 0 aliphatic carbocycles. The summed E-state index contributed by atoms with van der Waals surface area (Å²) in [6.45, 7) is 0.707. The van der Waals surface area contributed by atoms with Crippen molar-refractivity contribution in [1.29, 1.82) is 0 Å². The van der Waals surface area contributed by atoms with Crippen LogP contribution < -0.4 is 5.32 Å². The van der Waals surface area contributed by atoms with E-state index in [4.69, 9.17) is 21.4 Å². The van der Waals surface area contributed by atoms with Crippen molar-refractivity contribution in [2.45, 2.75) is 19.1 Å². The van der Waals surface area contributed by atoms with Crippen molar-refractivity contribution in [2.75, 3.05) is 12.5 Å². The van der Waals surface area contributed by atoms with Gasteiger partial charge in [0.05, 0.1) is 18.5 Å². The fourth-order valence-electron chi connectivity index (χ4n) is 1.52. The molecule has 19 heavy (non-hydrogen) atoms. The highest BCUT2D eigenvalue weighted by Crippen LogP contribution is 2.03. The molecule has 0 radical (unpaired) electrons. The average molecular weight is 286 g/mol. The smallest absolute Gasteiger partial charge is 0.405 e. The molecule has 0 aliphatic heterocycles. The Morgan fingerprint density at radius 2 is 2.00 bits per heavy atom. The van der Waals surface area contributed by atoms with Crippen molar-refractivity contribution in [3.05, 3.63) is 35.9 Å². The lowest BCUT2D eigenvalue weighted by Gasteiger charge is -2.14. The van der Waals surface area contributed by atoms with Crippen LogP contribution in [-0.4, -0.2) is 35.5 Å². The summed E-state index contributed by atoms with van der Waals surface area (Å²) < 4.78 is 5.40. The Balaban J connectivity index is 2.32. The maximum atomic E-state index is 11.4. The molecule has 1 rings (SSSR count). The molecule has 0 saturated heterocycles. The molecule has 1 amide bonds. The lowest BCUT2D eigenvalue weighted by molar-refractivity contribution is -0.119. The molecule has 0 spiro atoms. The number of hydrogen-bond donors (Lipinski definition) is 2. The largest absolute Gasteiger partial charge is 0.465 e. The number of ether oxygens (including phenoxy) is 1. The molecule has 104 valence electrons. The van der Waals surface area contributed by atoms with Gasteiger partial charge in [0.25, 0.3) is 0 Å². The van der Waals surface area contributed by atoms with Crippen LogP contribution in [0.25, 0.3) is 0 Å². The van der Waals surface area contributed by atoms with Gasteiger partial charge in [-0.1, -0.05) is 30.3 Å². The molecular weight excluding hydrogens is 270 g/mol. The van der Waals surface area contributed by atoms with Crippen LogP contribution >= 0.6 is 11.6 Å². The average Bonchev–Trinajstić information content (AvgIpc) is 2.42. The number of rotatable bonds is 8. The number of hydrogen-bond acceptors (Lipinski definition) is 3. The quantitative estimate of drug-likeness (QED) is 0.566. The second-order valence-corrected chi connectivity index (χ2v) is 4.20. The highest BCUT2D eigenvalue weighted by molar-refractivity contribution is 6.28. The zero-order valence-corrected chi connectivity index (χ0v) is 11.1. The number of amides is 1. The topological polar surface area (TPSA) is 75.6 Å².